The van der Waals surface area contributed by atoms with Crippen LogP contribution in [0.1, 0.15) is 25.8 Å². The number of fused-ring (bicyclic) bond motifs is 1. The normalized spacial score (nSPS) is 24.9. The first-order valence-electron chi connectivity index (χ1n) is 8.52. The summed E-state index contributed by atoms with van der Waals surface area (Å²) in [5.74, 6) is 0.0246. The van der Waals surface area contributed by atoms with Crippen LogP contribution in [0.15, 0.2) is 24.3 Å². The molecule has 0 bridgehead atoms. The van der Waals surface area contributed by atoms with Crippen LogP contribution in [0.5, 0.6) is 0 Å². The number of carbonyl (C=O) groups is 2. The Balaban J connectivity index is 1.67. The number of amides is 2. The minimum atomic E-state index is -0.471. The third kappa shape index (κ3) is 3.43. The molecule has 2 amide bonds. The second-order valence-electron chi connectivity index (χ2n) is 7.06. The molecular weight excluding hydrogens is 309 g/mol. The summed E-state index contributed by atoms with van der Waals surface area (Å²) in [7, 11) is 0. The zero-order chi connectivity index (χ0) is 17.3. The van der Waals surface area contributed by atoms with Crippen LogP contribution in [0.25, 0.3) is 0 Å². The molecule has 2 saturated heterocycles. The van der Waals surface area contributed by atoms with E-state index in [1.165, 1.54) is 6.07 Å². The molecule has 24 heavy (non-hydrogen) atoms. The summed E-state index contributed by atoms with van der Waals surface area (Å²) in [6.07, 6.45) is 0.659. The number of nitrogens with one attached hydrogen (secondary N) is 1. The van der Waals surface area contributed by atoms with Crippen LogP contribution in [0, 0.1) is 11.7 Å². The highest BCUT2D eigenvalue weighted by Crippen LogP contribution is 2.21. The van der Waals surface area contributed by atoms with Crippen molar-refractivity contribution < 1.29 is 14.0 Å². The molecular formula is C18H24FN3O2. The Morgan fingerprint density at radius 1 is 1.25 bits per heavy atom. The van der Waals surface area contributed by atoms with Crippen molar-refractivity contribution in [3.05, 3.63) is 35.6 Å². The quantitative estimate of drug-likeness (QED) is 0.906. The van der Waals surface area contributed by atoms with Gasteiger partial charge in [0.1, 0.15) is 17.9 Å². The Kier molecular flexibility index (Phi) is 4.85. The summed E-state index contributed by atoms with van der Waals surface area (Å²) in [5.41, 5.74) is 0.617. The van der Waals surface area contributed by atoms with Crippen molar-refractivity contribution in [2.75, 3.05) is 19.6 Å². The average Bonchev–Trinajstić information content (AvgIpc) is 2.54. The molecule has 3 rings (SSSR count). The Hall–Kier alpha value is -1.95. The number of nitrogens with zero attached hydrogens (tertiary/aromatic N) is 2. The van der Waals surface area contributed by atoms with Crippen LogP contribution < -0.4 is 5.32 Å². The van der Waals surface area contributed by atoms with Crippen molar-refractivity contribution in [2.24, 2.45) is 5.92 Å². The molecule has 0 spiro atoms. The zero-order valence-corrected chi connectivity index (χ0v) is 14.2. The molecule has 0 aromatic heterocycles. The Morgan fingerprint density at radius 2 is 2.00 bits per heavy atom. The zero-order valence-electron chi connectivity index (χ0n) is 14.2. The Morgan fingerprint density at radius 3 is 2.71 bits per heavy atom. The van der Waals surface area contributed by atoms with E-state index >= 15 is 0 Å². The number of benzene rings is 1. The monoisotopic (exact) mass is 333 g/mol. The van der Waals surface area contributed by atoms with Crippen LogP contribution in [-0.4, -0.2) is 53.3 Å². The number of piperazine rings is 2. The maximum Gasteiger partial charge on any atom is 0.245 e. The Labute approximate surface area is 141 Å². The SMILES string of the molecule is CC(C)C[C@H]1NC(=O)[C@H]2CN(Cc3ccccc3F)CCN2C1=O. The maximum atomic E-state index is 13.8. The molecule has 6 heteroatoms. The first-order chi connectivity index (χ1) is 11.5. The van der Waals surface area contributed by atoms with Gasteiger partial charge in [-0.15, -0.1) is 0 Å². The summed E-state index contributed by atoms with van der Waals surface area (Å²) in [6, 6.07) is 5.79. The molecule has 5 nitrogen and oxygen atoms in total. The Bertz CT molecular complexity index is 634. The second-order valence-corrected chi connectivity index (χ2v) is 7.06. The molecule has 1 aromatic carbocycles. The molecule has 2 atom stereocenters. The van der Waals surface area contributed by atoms with Gasteiger partial charge in [0.2, 0.25) is 11.8 Å². The van der Waals surface area contributed by atoms with Crippen molar-refractivity contribution in [2.45, 2.75) is 38.9 Å². The van der Waals surface area contributed by atoms with Gasteiger partial charge in [-0.2, -0.15) is 0 Å². The van der Waals surface area contributed by atoms with Gasteiger partial charge in [0.15, 0.2) is 0 Å². The number of carbonyl (C=O) groups excluding carboxylic acids is 2. The molecule has 2 heterocycles. The molecule has 2 aliphatic rings. The summed E-state index contributed by atoms with van der Waals surface area (Å²) in [6.45, 7) is 6.14. The van der Waals surface area contributed by atoms with E-state index < -0.39 is 12.1 Å². The van der Waals surface area contributed by atoms with E-state index in [1.807, 2.05) is 24.8 Å². The largest absolute Gasteiger partial charge is 0.342 e. The van der Waals surface area contributed by atoms with E-state index in [0.29, 0.717) is 44.1 Å². The van der Waals surface area contributed by atoms with E-state index in [0.717, 1.165) is 0 Å². The number of halogens is 1. The van der Waals surface area contributed by atoms with E-state index in [9.17, 15) is 14.0 Å². The first kappa shape index (κ1) is 16.9. The number of rotatable bonds is 4. The molecule has 130 valence electrons. The lowest BCUT2D eigenvalue weighted by molar-refractivity contribution is -0.153. The van der Waals surface area contributed by atoms with Crippen molar-refractivity contribution in [3.8, 4) is 0 Å². The standard InChI is InChI=1S/C18H24FN3O2/c1-12(2)9-15-18(24)22-8-7-21(11-16(22)17(23)20-15)10-13-5-3-4-6-14(13)19/h3-6,12,15-16H,7-11H2,1-2H3,(H,20,23)/t15-,16-/m1/s1. The lowest BCUT2D eigenvalue weighted by atomic mass is 9.97. The predicted octanol–water partition coefficient (Wildman–Crippen LogP) is 1.38. The molecule has 1 aromatic rings. The number of hydrogen-bond donors (Lipinski definition) is 1. The molecule has 0 unspecified atom stereocenters. The highest BCUT2D eigenvalue weighted by Gasteiger charge is 2.43. The maximum absolute atomic E-state index is 13.8. The highest BCUT2D eigenvalue weighted by atomic mass is 19.1. The number of hydrogen-bond acceptors (Lipinski definition) is 3. The van der Waals surface area contributed by atoms with Crippen LogP contribution in [0.4, 0.5) is 4.39 Å². The smallest absolute Gasteiger partial charge is 0.245 e. The van der Waals surface area contributed by atoms with Gasteiger partial charge in [-0.1, -0.05) is 32.0 Å². The van der Waals surface area contributed by atoms with Crippen molar-refractivity contribution >= 4 is 11.8 Å². The summed E-state index contributed by atoms with van der Waals surface area (Å²) < 4.78 is 13.8. The molecule has 2 aliphatic heterocycles. The van der Waals surface area contributed by atoms with Crippen molar-refractivity contribution in [3.63, 3.8) is 0 Å². The lowest BCUT2D eigenvalue weighted by Crippen LogP contribution is -2.69. The third-order valence-electron chi connectivity index (χ3n) is 4.72. The average molecular weight is 333 g/mol. The van der Waals surface area contributed by atoms with Crippen molar-refractivity contribution in [1.29, 1.82) is 0 Å². The van der Waals surface area contributed by atoms with Crippen LogP contribution >= 0.6 is 0 Å². The van der Waals surface area contributed by atoms with Gasteiger partial charge in [0.25, 0.3) is 0 Å². The molecule has 2 fully saturated rings. The lowest BCUT2D eigenvalue weighted by Gasteiger charge is -2.45. The fourth-order valence-corrected chi connectivity index (χ4v) is 3.50. The van der Waals surface area contributed by atoms with E-state index in [2.05, 4.69) is 5.32 Å². The van der Waals surface area contributed by atoms with Crippen LogP contribution in [-0.2, 0) is 16.1 Å². The van der Waals surface area contributed by atoms with Crippen LogP contribution in [0.2, 0.25) is 0 Å². The van der Waals surface area contributed by atoms with E-state index in [4.69, 9.17) is 0 Å². The van der Waals surface area contributed by atoms with E-state index in [1.54, 1.807) is 17.0 Å². The second kappa shape index (κ2) is 6.89. The third-order valence-corrected chi connectivity index (χ3v) is 4.72. The van der Waals surface area contributed by atoms with Gasteiger partial charge in [-0.25, -0.2) is 4.39 Å². The summed E-state index contributed by atoms with van der Waals surface area (Å²) >= 11 is 0. The van der Waals surface area contributed by atoms with Gasteiger partial charge in [-0.05, 0) is 18.4 Å². The fourth-order valence-electron chi connectivity index (χ4n) is 3.50. The van der Waals surface area contributed by atoms with Gasteiger partial charge in [0, 0.05) is 31.7 Å². The fraction of sp³-hybridized carbons (Fsp3) is 0.556. The first-order valence-corrected chi connectivity index (χ1v) is 8.52. The summed E-state index contributed by atoms with van der Waals surface area (Å²) in [4.78, 5) is 28.8. The minimum absolute atomic E-state index is 0.0128. The van der Waals surface area contributed by atoms with E-state index in [-0.39, 0.29) is 17.6 Å². The molecule has 0 aliphatic carbocycles. The van der Waals surface area contributed by atoms with Gasteiger partial charge < -0.3 is 10.2 Å². The molecule has 1 N–H and O–H groups in total. The van der Waals surface area contributed by atoms with Crippen molar-refractivity contribution in [1.82, 2.24) is 15.1 Å². The summed E-state index contributed by atoms with van der Waals surface area (Å²) in [5, 5.41) is 2.86. The highest BCUT2D eigenvalue weighted by molar-refractivity contribution is 5.97. The molecule has 0 radical (unpaired) electrons. The predicted molar refractivity (Wildman–Crippen MR) is 88.6 cm³/mol. The minimum Gasteiger partial charge on any atom is -0.342 e. The van der Waals surface area contributed by atoms with Gasteiger partial charge in [0.05, 0.1) is 0 Å². The van der Waals surface area contributed by atoms with Gasteiger partial charge in [-0.3, -0.25) is 14.5 Å². The topological polar surface area (TPSA) is 52.7 Å². The molecule has 0 saturated carbocycles. The van der Waals surface area contributed by atoms with Gasteiger partial charge >= 0.3 is 0 Å². The van der Waals surface area contributed by atoms with Crippen LogP contribution in [0.3, 0.4) is 0 Å².